The fourth-order valence-electron chi connectivity index (χ4n) is 1.95. The summed E-state index contributed by atoms with van der Waals surface area (Å²) in [6.45, 7) is 2.01. The van der Waals surface area contributed by atoms with Crippen LogP contribution in [0.1, 0.15) is 30.4 Å². The number of hydrogen-bond acceptors (Lipinski definition) is 4. The number of aromatic nitrogens is 2. The summed E-state index contributed by atoms with van der Waals surface area (Å²) < 4.78 is 5.19. The van der Waals surface area contributed by atoms with Crippen molar-refractivity contribution in [3.05, 3.63) is 17.1 Å². The molecule has 0 radical (unpaired) electrons. The summed E-state index contributed by atoms with van der Waals surface area (Å²) in [4.78, 5) is 8.85. The Labute approximate surface area is 89.9 Å². The molecule has 1 aliphatic carbocycles. The van der Waals surface area contributed by atoms with E-state index in [0.717, 1.165) is 42.8 Å². The van der Waals surface area contributed by atoms with E-state index >= 15 is 0 Å². The summed E-state index contributed by atoms with van der Waals surface area (Å²) in [5.41, 5.74) is 8.19. The second-order valence-corrected chi connectivity index (χ2v) is 4.05. The van der Waals surface area contributed by atoms with Crippen LogP contribution in [-0.2, 0) is 24.0 Å². The fourth-order valence-corrected chi connectivity index (χ4v) is 1.95. The number of rotatable bonds is 3. The van der Waals surface area contributed by atoms with E-state index in [1.54, 1.807) is 7.11 Å². The van der Waals surface area contributed by atoms with Crippen LogP contribution in [0.15, 0.2) is 0 Å². The Hall–Kier alpha value is -1.16. The van der Waals surface area contributed by atoms with Crippen LogP contribution in [-0.4, -0.2) is 23.2 Å². The Balaban J connectivity index is 2.23. The van der Waals surface area contributed by atoms with Crippen LogP contribution in [0.25, 0.3) is 0 Å². The van der Waals surface area contributed by atoms with Gasteiger partial charge in [0.15, 0.2) is 0 Å². The van der Waals surface area contributed by atoms with E-state index in [1.165, 1.54) is 0 Å². The summed E-state index contributed by atoms with van der Waals surface area (Å²) >= 11 is 0. The first-order valence-corrected chi connectivity index (χ1v) is 5.37. The Morgan fingerprint density at radius 1 is 1.40 bits per heavy atom. The first kappa shape index (κ1) is 10.4. The fraction of sp³-hybridized carbons (Fsp3) is 0.636. The van der Waals surface area contributed by atoms with Crippen LogP contribution in [0.4, 0.5) is 5.82 Å². The zero-order valence-corrected chi connectivity index (χ0v) is 9.29. The van der Waals surface area contributed by atoms with Gasteiger partial charge in [0.05, 0.1) is 6.10 Å². The van der Waals surface area contributed by atoms with Crippen molar-refractivity contribution < 1.29 is 4.74 Å². The SMILES string of the molecule is COC(C)Cc1nc(N)c2c(n1)CCC2. The standard InChI is InChI=1S/C11H17N3O/c1-7(15-2)6-10-13-9-5-3-4-8(9)11(12)14-10/h7H,3-6H2,1-2H3,(H2,12,13,14). The molecule has 4 nitrogen and oxygen atoms in total. The van der Waals surface area contributed by atoms with Gasteiger partial charge in [0.2, 0.25) is 0 Å². The number of ether oxygens (including phenoxy) is 1. The summed E-state index contributed by atoms with van der Waals surface area (Å²) in [6, 6.07) is 0. The van der Waals surface area contributed by atoms with Crippen molar-refractivity contribution in [2.24, 2.45) is 0 Å². The molecule has 1 aromatic rings. The Morgan fingerprint density at radius 3 is 2.93 bits per heavy atom. The van der Waals surface area contributed by atoms with Crippen molar-refractivity contribution in [2.75, 3.05) is 12.8 Å². The van der Waals surface area contributed by atoms with Gasteiger partial charge in [-0.1, -0.05) is 0 Å². The normalized spacial score (nSPS) is 16.4. The molecule has 0 aliphatic heterocycles. The van der Waals surface area contributed by atoms with Gasteiger partial charge in [0.25, 0.3) is 0 Å². The molecule has 0 bridgehead atoms. The summed E-state index contributed by atoms with van der Waals surface area (Å²) in [6.07, 6.45) is 4.09. The summed E-state index contributed by atoms with van der Waals surface area (Å²) in [5.74, 6) is 1.47. The molecule has 0 amide bonds. The maximum atomic E-state index is 5.90. The van der Waals surface area contributed by atoms with Gasteiger partial charge in [-0.15, -0.1) is 0 Å². The molecule has 4 heteroatoms. The molecule has 1 aromatic heterocycles. The minimum atomic E-state index is 0.142. The van der Waals surface area contributed by atoms with Gasteiger partial charge in [-0.25, -0.2) is 9.97 Å². The largest absolute Gasteiger partial charge is 0.383 e. The van der Waals surface area contributed by atoms with Gasteiger partial charge in [0, 0.05) is 24.8 Å². The molecular weight excluding hydrogens is 190 g/mol. The summed E-state index contributed by atoms with van der Waals surface area (Å²) in [5, 5.41) is 0. The van der Waals surface area contributed by atoms with Gasteiger partial charge in [-0.3, -0.25) is 0 Å². The number of nitrogens with zero attached hydrogens (tertiary/aromatic N) is 2. The van der Waals surface area contributed by atoms with Crippen LogP contribution in [0.3, 0.4) is 0 Å². The van der Waals surface area contributed by atoms with E-state index in [1.807, 2.05) is 6.92 Å². The molecule has 0 aromatic carbocycles. The van der Waals surface area contributed by atoms with Gasteiger partial charge in [-0.05, 0) is 26.2 Å². The van der Waals surface area contributed by atoms with Gasteiger partial charge in [0.1, 0.15) is 11.6 Å². The maximum Gasteiger partial charge on any atom is 0.133 e. The van der Waals surface area contributed by atoms with E-state index in [2.05, 4.69) is 9.97 Å². The monoisotopic (exact) mass is 207 g/mol. The molecule has 2 rings (SSSR count). The average molecular weight is 207 g/mol. The maximum absolute atomic E-state index is 5.90. The quantitative estimate of drug-likeness (QED) is 0.807. The van der Waals surface area contributed by atoms with Crippen molar-refractivity contribution in [3.63, 3.8) is 0 Å². The van der Waals surface area contributed by atoms with Crippen molar-refractivity contribution in [1.82, 2.24) is 9.97 Å². The third-order valence-corrected chi connectivity index (χ3v) is 2.88. The molecule has 0 saturated carbocycles. The first-order chi connectivity index (χ1) is 7.20. The zero-order chi connectivity index (χ0) is 10.8. The highest BCUT2D eigenvalue weighted by Crippen LogP contribution is 2.24. The number of methoxy groups -OCH3 is 1. The second-order valence-electron chi connectivity index (χ2n) is 4.05. The predicted octanol–water partition coefficient (Wildman–Crippen LogP) is 1.12. The Bertz CT molecular complexity index is 365. The molecule has 0 spiro atoms. The third-order valence-electron chi connectivity index (χ3n) is 2.88. The van der Waals surface area contributed by atoms with Crippen molar-refractivity contribution in [3.8, 4) is 0 Å². The van der Waals surface area contributed by atoms with E-state index in [9.17, 15) is 0 Å². The highest BCUT2D eigenvalue weighted by atomic mass is 16.5. The van der Waals surface area contributed by atoms with Gasteiger partial charge in [-0.2, -0.15) is 0 Å². The van der Waals surface area contributed by atoms with Crippen molar-refractivity contribution >= 4 is 5.82 Å². The molecular formula is C11H17N3O. The topological polar surface area (TPSA) is 61.0 Å². The van der Waals surface area contributed by atoms with Crippen LogP contribution in [0.2, 0.25) is 0 Å². The second kappa shape index (κ2) is 4.14. The molecule has 0 saturated heterocycles. The molecule has 1 heterocycles. The number of hydrogen-bond donors (Lipinski definition) is 1. The molecule has 2 N–H and O–H groups in total. The molecule has 1 unspecified atom stereocenters. The van der Waals surface area contributed by atoms with Crippen LogP contribution < -0.4 is 5.73 Å². The molecule has 1 atom stereocenters. The molecule has 15 heavy (non-hydrogen) atoms. The van der Waals surface area contributed by atoms with Crippen LogP contribution >= 0.6 is 0 Å². The Morgan fingerprint density at radius 2 is 2.20 bits per heavy atom. The zero-order valence-electron chi connectivity index (χ0n) is 9.29. The third kappa shape index (κ3) is 2.09. The molecule has 82 valence electrons. The lowest BCUT2D eigenvalue weighted by Crippen LogP contribution is -2.13. The van der Waals surface area contributed by atoms with Crippen molar-refractivity contribution in [2.45, 2.75) is 38.7 Å². The van der Waals surface area contributed by atoms with E-state index < -0.39 is 0 Å². The number of anilines is 1. The van der Waals surface area contributed by atoms with E-state index in [4.69, 9.17) is 10.5 Å². The lowest BCUT2D eigenvalue weighted by Gasteiger charge is -2.10. The number of aryl methyl sites for hydroxylation is 1. The lowest BCUT2D eigenvalue weighted by molar-refractivity contribution is 0.117. The van der Waals surface area contributed by atoms with Gasteiger partial charge < -0.3 is 10.5 Å². The van der Waals surface area contributed by atoms with Gasteiger partial charge >= 0.3 is 0 Å². The predicted molar refractivity (Wildman–Crippen MR) is 58.6 cm³/mol. The smallest absolute Gasteiger partial charge is 0.133 e. The number of fused-ring (bicyclic) bond motifs is 1. The first-order valence-electron chi connectivity index (χ1n) is 5.37. The number of nitrogens with two attached hydrogens (primary N) is 1. The summed E-state index contributed by atoms with van der Waals surface area (Å²) in [7, 11) is 1.70. The number of nitrogen functional groups attached to an aromatic ring is 1. The average Bonchev–Trinajstić information content (AvgIpc) is 2.66. The highest BCUT2D eigenvalue weighted by Gasteiger charge is 2.18. The molecule has 0 fully saturated rings. The van der Waals surface area contributed by atoms with E-state index in [0.29, 0.717) is 5.82 Å². The lowest BCUT2D eigenvalue weighted by atomic mass is 10.2. The molecule has 1 aliphatic rings. The van der Waals surface area contributed by atoms with Crippen LogP contribution in [0.5, 0.6) is 0 Å². The highest BCUT2D eigenvalue weighted by molar-refractivity contribution is 5.44. The van der Waals surface area contributed by atoms with E-state index in [-0.39, 0.29) is 6.10 Å². The van der Waals surface area contributed by atoms with Crippen molar-refractivity contribution in [1.29, 1.82) is 0 Å². The minimum absolute atomic E-state index is 0.142. The minimum Gasteiger partial charge on any atom is -0.383 e. The van der Waals surface area contributed by atoms with Crippen LogP contribution in [0, 0.1) is 0 Å². The Kier molecular flexibility index (Phi) is 2.86.